The van der Waals surface area contributed by atoms with Crippen LogP contribution in [0.5, 0.6) is 0 Å². The predicted octanol–water partition coefficient (Wildman–Crippen LogP) is 2.34. The van der Waals surface area contributed by atoms with Gasteiger partial charge in [0.25, 0.3) is 0 Å². The molecular formula is C15H21NO2. The molecule has 0 spiro atoms. The van der Waals surface area contributed by atoms with E-state index in [4.69, 9.17) is 0 Å². The first-order chi connectivity index (χ1) is 8.72. The van der Waals surface area contributed by atoms with Gasteiger partial charge in [0, 0.05) is 13.1 Å². The van der Waals surface area contributed by atoms with Crippen molar-refractivity contribution in [2.24, 2.45) is 0 Å². The molecule has 0 saturated heterocycles. The fraction of sp³-hybridized carbons (Fsp3) is 0.533. The summed E-state index contributed by atoms with van der Waals surface area (Å²) >= 11 is 0. The average Bonchev–Trinajstić information content (AvgIpc) is 2.58. The van der Waals surface area contributed by atoms with E-state index in [0.717, 1.165) is 38.8 Å². The summed E-state index contributed by atoms with van der Waals surface area (Å²) in [5, 5.41) is 9.32. The summed E-state index contributed by atoms with van der Waals surface area (Å²) in [7, 11) is 0. The first-order valence-corrected chi connectivity index (χ1v) is 6.76. The maximum absolute atomic E-state index is 11.3. The van der Waals surface area contributed by atoms with E-state index >= 15 is 0 Å². The number of benzene rings is 1. The molecule has 1 heterocycles. The van der Waals surface area contributed by atoms with Crippen LogP contribution in [0.15, 0.2) is 24.3 Å². The Morgan fingerprint density at radius 1 is 1.28 bits per heavy atom. The van der Waals surface area contributed by atoms with Crippen LogP contribution in [0, 0.1) is 0 Å². The first-order valence-electron chi connectivity index (χ1n) is 6.76. The monoisotopic (exact) mass is 247 g/mol. The van der Waals surface area contributed by atoms with Gasteiger partial charge in [-0.05, 0) is 30.4 Å². The van der Waals surface area contributed by atoms with E-state index in [0.29, 0.717) is 0 Å². The number of carboxylic acids is 1. The van der Waals surface area contributed by atoms with E-state index < -0.39 is 5.97 Å². The minimum atomic E-state index is -0.678. The Balaban J connectivity index is 2.08. The Labute approximate surface area is 108 Å². The Bertz CT molecular complexity index is 390. The first kappa shape index (κ1) is 13.1. The summed E-state index contributed by atoms with van der Waals surface area (Å²) in [6.07, 6.45) is 3.58. The lowest BCUT2D eigenvalue weighted by atomic mass is 10.0. The van der Waals surface area contributed by atoms with E-state index in [2.05, 4.69) is 29.2 Å². The van der Waals surface area contributed by atoms with E-state index in [9.17, 15) is 9.90 Å². The maximum atomic E-state index is 11.3. The van der Waals surface area contributed by atoms with E-state index in [1.54, 1.807) is 0 Å². The van der Waals surface area contributed by atoms with Crippen molar-refractivity contribution in [2.75, 3.05) is 13.1 Å². The lowest BCUT2D eigenvalue weighted by molar-refractivity contribution is -0.143. The van der Waals surface area contributed by atoms with Crippen molar-refractivity contribution >= 4 is 5.97 Å². The third kappa shape index (κ3) is 2.91. The van der Waals surface area contributed by atoms with Crippen LogP contribution in [-0.4, -0.2) is 35.1 Å². The number of hydrogen-bond donors (Lipinski definition) is 1. The Kier molecular flexibility index (Phi) is 4.37. The van der Waals surface area contributed by atoms with Crippen molar-refractivity contribution in [3.05, 3.63) is 35.4 Å². The number of nitrogens with zero attached hydrogens (tertiary/aromatic N) is 1. The summed E-state index contributed by atoms with van der Waals surface area (Å²) in [5.41, 5.74) is 2.75. The van der Waals surface area contributed by atoms with Crippen LogP contribution < -0.4 is 0 Å². The number of fused-ring (bicyclic) bond motifs is 1. The Morgan fingerprint density at radius 2 is 1.83 bits per heavy atom. The number of hydrogen-bond acceptors (Lipinski definition) is 2. The van der Waals surface area contributed by atoms with E-state index in [1.165, 1.54) is 11.1 Å². The van der Waals surface area contributed by atoms with Crippen LogP contribution in [0.3, 0.4) is 0 Å². The zero-order valence-electron chi connectivity index (χ0n) is 10.9. The van der Waals surface area contributed by atoms with Gasteiger partial charge in [0.05, 0.1) is 0 Å². The normalized spacial score (nSPS) is 17.8. The van der Waals surface area contributed by atoms with Gasteiger partial charge >= 0.3 is 5.97 Å². The second-order valence-electron chi connectivity index (χ2n) is 4.95. The van der Waals surface area contributed by atoms with Crippen LogP contribution in [0.1, 0.15) is 30.9 Å². The van der Waals surface area contributed by atoms with Gasteiger partial charge in [0.1, 0.15) is 6.04 Å². The summed E-state index contributed by atoms with van der Waals surface area (Å²) in [4.78, 5) is 13.5. The molecule has 1 unspecified atom stereocenters. The molecule has 3 nitrogen and oxygen atoms in total. The van der Waals surface area contributed by atoms with Crippen LogP contribution >= 0.6 is 0 Å². The third-order valence-corrected chi connectivity index (χ3v) is 3.74. The molecule has 1 aliphatic rings. The van der Waals surface area contributed by atoms with Crippen LogP contribution in [0.4, 0.5) is 0 Å². The van der Waals surface area contributed by atoms with Gasteiger partial charge in [-0.15, -0.1) is 0 Å². The number of carbonyl (C=O) groups is 1. The molecule has 0 aromatic heterocycles. The lowest BCUT2D eigenvalue weighted by Crippen LogP contribution is -2.42. The number of rotatable bonds is 4. The van der Waals surface area contributed by atoms with Crippen molar-refractivity contribution < 1.29 is 9.90 Å². The molecule has 1 aromatic carbocycles. The van der Waals surface area contributed by atoms with Crippen molar-refractivity contribution in [3.8, 4) is 0 Å². The van der Waals surface area contributed by atoms with E-state index in [-0.39, 0.29) is 6.04 Å². The fourth-order valence-electron chi connectivity index (χ4n) is 2.73. The highest BCUT2D eigenvalue weighted by Gasteiger charge is 2.26. The Hall–Kier alpha value is -1.35. The Morgan fingerprint density at radius 3 is 2.28 bits per heavy atom. The highest BCUT2D eigenvalue weighted by molar-refractivity contribution is 5.73. The minimum Gasteiger partial charge on any atom is -0.480 e. The average molecular weight is 247 g/mol. The van der Waals surface area contributed by atoms with Gasteiger partial charge in [-0.3, -0.25) is 9.69 Å². The summed E-state index contributed by atoms with van der Waals surface area (Å²) in [6, 6.07) is 8.14. The van der Waals surface area contributed by atoms with Crippen molar-refractivity contribution in [3.63, 3.8) is 0 Å². The minimum absolute atomic E-state index is 0.315. The van der Waals surface area contributed by atoms with Crippen molar-refractivity contribution in [1.82, 2.24) is 4.90 Å². The smallest absolute Gasteiger partial charge is 0.320 e. The van der Waals surface area contributed by atoms with Crippen molar-refractivity contribution in [2.45, 2.75) is 38.6 Å². The van der Waals surface area contributed by atoms with Gasteiger partial charge in [-0.1, -0.05) is 37.6 Å². The summed E-state index contributed by atoms with van der Waals surface area (Å²) < 4.78 is 0. The molecule has 0 aliphatic carbocycles. The van der Waals surface area contributed by atoms with Gasteiger partial charge in [-0.25, -0.2) is 0 Å². The quantitative estimate of drug-likeness (QED) is 0.887. The van der Waals surface area contributed by atoms with Gasteiger partial charge in [0.15, 0.2) is 0 Å². The fourth-order valence-corrected chi connectivity index (χ4v) is 2.73. The SMILES string of the molecule is CCCC(C(=O)O)N1CCc2ccccc2CC1. The second-order valence-corrected chi connectivity index (χ2v) is 4.95. The molecule has 98 valence electrons. The molecule has 2 rings (SSSR count). The number of aliphatic carboxylic acids is 1. The van der Waals surface area contributed by atoms with E-state index in [1.807, 2.05) is 6.92 Å². The van der Waals surface area contributed by atoms with Crippen molar-refractivity contribution in [1.29, 1.82) is 0 Å². The van der Waals surface area contributed by atoms with Crippen LogP contribution in [0.25, 0.3) is 0 Å². The molecule has 0 amide bonds. The zero-order chi connectivity index (χ0) is 13.0. The summed E-state index contributed by atoms with van der Waals surface area (Å²) in [5.74, 6) is -0.678. The largest absolute Gasteiger partial charge is 0.480 e. The molecule has 18 heavy (non-hydrogen) atoms. The molecule has 1 atom stereocenters. The van der Waals surface area contributed by atoms with Gasteiger partial charge < -0.3 is 5.11 Å². The highest BCUT2D eigenvalue weighted by atomic mass is 16.4. The molecule has 0 saturated carbocycles. The molecule has 1 aliphatic heterocycles. The molecule has 3 heteroatoms. The molecule has 0 bridgehead atoms. The molecule has 1 aromatic rings. The number of carboxylic acid groups (broad SMARTS) is 1. The van der Waals surface area contributed by atoms with Crippen LogP contribution in [0.2, 0.25) is 0 Å². The third-order valence-electron chi connectivity index (χ3n) is 3.74. The standard InChI is InChI=1S/C15H21NO2/c1-2-5-14(15(17)18)16-10-8-12-6-3-4-7-13(12)9-11-16/h3-4,6-7,14H,2,5,8-11H2,1H3,(H,17,18). The maximum Gasteiger partial charge on any atom is 0.320 e. The molecule has 0 fully saturated rings. The zero-order valence-corrected chi connectivity index (χ0v) is 10.9. The molecule has 1 N–H and O–H groups in total. The topological polar surface area (TPSA) is 40.5 Å². The highest BCUT2D eigenvalue weighted by Crippen LogP contribution is 2.18. The second kappa shape index (κ2) is 6.01. The summed E-state index contributed by atoms with van der Waals surface area (Å²) in [6.45, 7) is 3.75. The molecular weight excluding hydrogens is 226 g/mol. The predicted molar refractivity (Wildman–Crippen MR) is 71.8 cm³/mol. The van der Waals surface area contributed by atoms with Crippen LogP contribution in [-0.2, 0) is 17.6 Å². The van der Waals surface area contributed by atoms with Gasteiger partial charge in [0.2, 0.25) is 0 Å². The van der Waals surface area contributed by atoms with Gasteiger partial charge in [-0.2, -0.15) is 0 Å². The lowest BCUT2D eigenvalue weighted by Gasteiger charge is -2.26. The molecule has 0 radical (unpaired) electrons.